The topological polar surface area (TPSA) is 266 Å². The SMILES string of the molecule is C#CC1(O)C(n2cc(F)c3c(N)ncnc32)OC(F)(COP(=O)(O)OP(=O)(O)OP(=O)(O)O)C1O. The molecule has 17 nitrogen and oxygen atoms in total. The zero-order valence-corrected chi connectivity index (χ0v) is 19.3. The van der Waals surface area contributed by atoms with Crippen LogP contribution in [0.4, 0.5) is 14.6 Å². The maximum atomic E-state index is 15.5. The molecule has 8 N–H and O–H groups in total. The third kappa shape index (κ3) is 5.45. The van der Waals surface area contributed by atoms with E-state index in [1.165, 1.54) is 0 Å². The number of nitrogens with two attached hydrogens (primary N) is 1. The molecule has 3 rings (SSSR count). The van der Waals surface area contributed by atoms with Crippen LogP contribution in [0.1, 0.15) is 6.23 Å². The second kappa shape index (κ2) is 8.91. The second-order valence-electron chi connectivity index (χ2n) is 6.83. The molecule has 0 bridgehead atoms. The lowest BCUT2D eigenvalue weighted by Gasteiger charge is -2.27. The minimum Gasteiger partial charge on any atom is -0.383 e. The highest BCUT2D eigenvalue weighted by Gasteiger charge is 2.66. The summed E-state index contributed by atoms with van der Waals surface area (Å²) in [6.07, 6.45) is 1.80. The first-order chi connectivity index (χ1) is 15.8. The zero-order chi connectivity index (χ0) is 26.6. The van der Waals surface area contributed by atoms with E-state index in [2.05, 4.69) is 23.1 Å². The van der Waals surface area contributed by atoms with Crippen molar-refractivity contribution in [3.8, 4) is 12.3 Å². The fourth-order valence-corrected chi connectivity index (χ4v) is 6.08. The summed E-state index contributed by atoms with van der Waals surface area (Å²) in [7, 11) is -17.5. The number of anilines is 1. The van der Waals surface area contributed by atoms with Crippen molar-refractivity contribution in [3.63, 3.8) is 0 Å². The molecule has 3 heterocycles. The standard InChI is InChI=1S/C13H15F2N4O13P3/c1-2-12(21)10(20)13(15,4-29-34(25,26)32-35(27,28)31-33(22,23)24)30-11(12)19-3-6(14)7-8(16)17-5-18-9(7)19/h1,3,5,10-11,20-21H,4H2,(H,25,26)(H,27,28)(H2,16,17,18)(H2,22,23,24). The number of ether oxygens (including phenoxy) is 1. The van der Waals surface area contributed by atoms with Crippen LogP contribution in [-0.4, -0.2) is 68.5 Å². The van der Waals surface area contributed by atoms with Crippen molar-refractivity contribution in [1.82, 2.24) is 14.5 Å². The molecular formula is C13H15F2N4O13P3. The van der Waals surface area contributed by atoms with Crippen LogP contribution >= 0.6 is 23.5 Å². The largest absolute Gasteiger partial charge is 0.490 e. The van der Waals surface area contributed by atoms with Crippen LogP contribution in [0.15, 0.2) is 12.5 Å². The Kier molecular flexibility index (Phi) is 7.05. The summed E-state index contributed by atoms with van der Waals surface area (Å²) in [4.78, 5) is 42.9. The first kappa shape index (κ1) is 27.7. The number of hydrogen-bond donors (Lipinski definition) is 7. The molecule has 0 aromatic carbocycles. The van der Waals surface area contributed by atoms with Crippen LogP contribution in [0, 0.1) is 18.2 Å². The van der Waals surface area contributed by atoms with Gasteiger partial charge >= 0.3 is 23.5 Å². The van der Waals surface area contributed by atoms with Gasteiger partial charge in [0.15, 0.2) is 23.8 Å². The van der Waals surface area contributed by atoms with Crippen LogP contribution < -0.4 is 5.73 Å². The molecule has 0 amide bonds. The molecule has 194 valence electrons. The fraction of sp³-hybridized carbons (Fsp3) is 0.385. The molecule has 1 aliphatic heterocycles. The average molecular weight is 566 g/mol. The summed E-state index contributed by atoms with van der Waals surface area (Å²) in [6.45, 7) is -1.84. The van der Waals surface area contributed by atoms with Gasteiger partial charge in [-0.25, -0.2) is 32.4 Å². The van der Waals surface area contributed by atoms with Gasteiger partial charge in [-0.2, -0.15) is 8.62 Å². The molecule has 0 saturated carbocycles. The summed E-state index contributed by atoms with van der Waals surface area (Å²) < 4.78 is 80.4. The fourth-order valence-electron chi connectivity index (χ4n) is 3.05. The number of rotatable bonds is 8. The normalized spacial score (nSPS) is 30.6. The van der Waals surface area contributed by atoms with Crippen LogP contribution in [0.2, 0.25) is 0 Å². The quantitative estimate of drug-likeness (QED) is 0.156. The third-order valence-corrected chi connectivity index (χ3v) is 8.21. The summed E-state index contributed by atoms with van der Waals surface area (Å²) in [5.41, 5.74) is 2.21. The highest BCUT2D eigenvalue weighted by atomic mass is 31.3. The molecule has 2 aromatic heterocycles. The van der Waals surface area contributed by atoms with Crippen LogP contribution in [0.25, 0.3) is 11.0 Å². The molecule has 35 heavy (non-hydrogen) atoms. The Morgan fingerprint density at radius 1 is 1.23 bits per heavy atom. The van der Waals surface area contributed by atoms with Gasteiger partial charge in [0.2, 0.25) is 5.60 Å². The summed E-state index contributed by atoms with van der Waals surface area (Å²) in [5, 5.41) is 20.7. The summed E-state index contributed by atoms with van der Waals surface area (Å²) >= 11 is 0. The monoisotopic (exact) mass is 566 g/mol. The second-order valence-corrected chi connectivity index (χ2v) is 11.3. The lowest BCUT2D eigenvalue weighted by molar-refractivity contribution is -0.203. The van der Waals surface area contributed by atoms with Crippen LogP contribution in [0.3, 0.4) is 0 Å². The Balaban J connectivity index is 1.90. The zero-order valence-electron chi connectivity index (χ0n) is 16.7. The van der Waals surface area contributed by atoms with Crippen molar-refractivity contribution in [3.05, 3.63) is 18.3 Å². The van der Waals surface area contributed by atoms with Crippen molar-refractivity contribution < 1.29 is 70.1 Å². The van der Waals surface area contributed by atoms with Crippen LogP contribution in [-0.2, 0) is 31.6 Å². The van der Waals surface area contributed by atoms with E-state index in [1.807, 2.05) is 0 Å². The number of phosphoric ester groups is 1. The van der Waals surface area contributed by atoms with Gasteiger partial charge in [-0.1, -0.05) is 5.92 Å². The minimum absolute atomic E-state index is 0.354. The molecule has 0 aliphatic carbocycles. The maximum Gasteiger partial charge on any atom is 0.490 e. The van der Waals surface area contributed by atoms with Crippen molar-refractivity contribution in [2.24, 2.45) is 0 Å². The van der Waals surface area contributed by atoms with Crippen molar-refractivity contribution in [1.29, 1.82) is 0 Å². The van der Waals surface area contributed by atoms with Crippen molar-refractivity contribution in [2.45, 2.75) is 23.8 Å². The molecule has 6 atom stereocenters. The van der Waals surface area contributed by atoms with Gasteiger partial charge in [-0.15, -0.1) is 6.42 Å². The molecule has 1 aliphatic rings. The number of halogens is 2. The van der Waals surface area contributed by atoms with E-state index in [1.54, 1.807) is 5.92 Å². The predicted octanol–water partition coefficient (Wildman–Crippen LogP) is -0.584. The molecule has 1 fully saturated rings. The van der Waals surface area contributed by atoms with E-state index >= 15 is 4.39 Å². The predicted molar refractivity (Wildman–Crippen MR) is 105 cm³/mol. The Hall–Kier alpha value is -1.87. The number of aromatic nitrogens is 3. The lowest BCUT2D eigenvalue weighted by atomic mass is 9.94. The maximum absolute atomic E-state index is 15.5. The number of phosphoric acid groups is 3. The Morgan fingerprint density at radius 2 is 1.86 bits per heavy atom. The number of alkyl halides is 1. The molecule has 0 radical (unpaired) electrons. The first-order valence-electron chi connectivity index (χ1n) is 8.64. The number of nitrogen functional groups attached to an aromatic ring is 1. The number of fused-ring (bicyclic) bond motifs is 1. The molecular weight excluding hydrogens is 551 g/mol. The van der Waals surface area contributed by atoms with Gasteiger partial charge in [-0.05, 0) is 0 Å². The highest BCUT2D eigenvalue weighted by molar-refractivity contribution is 7.66. The van der Waals surface area contributed by atoms with Crippen molar-refractivity contribution >= 4 is 40.3 Å². The number of hydrogen-bond acceptors (Lipinski definition) is 12. The summed E-state index contributed by atoms with van der Waals surface area (Å²) in [6, 6.07) is 0. The van der Waals surface area contributed by atoms with E-state index in [0.29, 0.717) is 10.8 Å². The Morgan fingerprint density at radius 3 is 2.43 bits per heavy atom. The molecule has 1 saturated heterocycles. The highest BCUT2D eigenvalue weighted by Crippen LogP contribution is 2.66. The minimum atomic E-state index is -5.94. The van der Waals surface area contributed by atoms with Crippen LogP contribution in [0.5, 0.6) is 0 Å². The average Bonchev–Trinajstić information content (AvgIpc) is 3.13. The van der Waals surface area contributed by atoms with Gasteiger partial charge in [0, 0.05) is 6.20 Å². The van der Waals surface area contributed by atoms with E-state index in [9.17, 15) is 33.2 Å². The molecule has 2 aromatic rings. The van der Waals surface area contributed by atoms with E-state index in [0.717, 1.165) is 6.33 Å². The summed E-state index contributed by atoms with van der Waals surface area (Å²) in [5.74, 6) is -3.42. The first-order valence-corrected chi connectivity index (χ1v) is 13.2. The van der Waals surface area contributed by atoms with E-state index in [4.69, 9.17) is 31.6 Å². The number of aliphatic hydroxyl groups is 2. The third-order valence-electron chi connectivity index (χ3n) is 4.43. The van der Waals surface area contributed by atoms with E-state index < -0.39 is 59.7 Å². The molecule has 6 unspecified atom stereocenters. The van der Waals surface area contributed by atoms with Gasteiger partial charge in [0.1, 0.15) is 18.8 Å². The Labute approximate surface area is 192 Å². The lowest BCUT2D eigenvalue weighted by Crippen LogP contribution is -2.50. The van der Waals surface area contributed by atoms with Gasteiger partial charge in [-0.3, -0.25) is 9.09 Å². The molecule has 22 heteroatoms. The van der Waals surface area contributed by atoms with Gasteiger partial charge < -0.3 is 40.3 Å². The van der Waals surface area contributed by atoms with Gasteiger partial charge in [0.25, 0.3) is 5.85 Å². The smallest absolute Gasteiger partial charge is 0.383 e. The number of aliphatic hydroxyl groups excluding tert-OH is 1. The molecule has 0 spiro atoms. The van der Waals surface area contributed by atoms with E-state index in [-0.39, 0.29) is 16.9 Å². The van der Waals surface area contributed by atoms with Crippen molar-refractivity contribution in [2.75, 3.05) is 12.3 Å². The van der Waals surface area contributed by atoms with Gasteiger partial charge in [0.05, 0.1) is 5.39 Å². The number of terminal acetylenes is 1. The number of nitrogens with zero attached hydrogens (tertiary/aromatic N) is 3. The Bertz CT molecular complexity index is 1350.